The Kier molecular flexibility index (Phi) is 5.22. The van der Waals surface area contributed by atoms with Crippen molar-refractivity contribution in [2.75, 3.05) is 19.8 Å². The van der Waals surface area contributed by atoms with E-state index in [0.717, 1.165) is 32.3 Å². The summed E-state index contributed by atoms with van der Waals surface area (Å²) in [5.74, 6) is 1.61. The Morgan fingerprint density at radius 2 is 1.93 bits per heavy atom. The maximum Gasteiger partial charge on any atom is 0.220 e. The van der Waals surface area contributed by atoms with Crippen molar-refractivity contribution in [1.82, 2.24) is 10.3 Å². The van der Waals surface area contributed by atoms with Gasteiger partial charge in [-0.05, 0) is 29.8 Å². The van der Waals surface area contributed by atoms with Gasteiger partial charge in [-0.2, -0.15) is 0 Å². The van der Waals surface area contributed by atoms with E-state index >= 15 is 0 Å². The molecule has 0 aliphatic carbocycles. The Hall–Kier alpha value is -2.60. The third-order valence-electron chi connectivity index (χ3n) is 4.96. The van der Waals surface area contributed by atoms with Crippen molar-refractivity contribution in [2.24, 2.45) is 0 Å². The number of benzene rings is 2. The number of hydrogen-bond acceptors (Lipinski definition) is 5. The Bertz CT molecular complexity index is 963. The van der Waals surface area contributed by atoms with Gasteiger partial charge in [-0.25, -0.2) is 4.98 Å². The average Bonchev–Trinajstić information content (AvgIpc) is 3.13. The molecule has 0 bridgehead atoms. The van der Waals surface area contributed by atoms with Crippen molar-refractivity contribution in [3.8, 4) is 11.5 Å². The number of aryl methyl sites for hydroxylation is 1. The van der Waals surface area contributed by atoms with Crippen molar-refractivity contribution in [3.63, 3.8) is 0 Å². The van der Waals surface area contributed by atoms with Gasteiger partial charge in [0.05, 0.1) is 15.2 Å². The molecular formula is C22H24N2O3S. The number of thiazole rings is 1. The largest absolute Gasteiger partial charge is 0.486 e. The lowest BCUT2D eigenvalue weighted by molar-refractivity contribution is -0.121. The quantitative estimate of drug-likeness (QED) is 0.682. The van der Waals surface area contributed by atoms with Crippen LogP contribution in [0, 0.1) is 0 Å². The molecule has 2 heterocycles. The second kappa shape index (κ2) is 7.80. The topological polar surface area (TPSA) is 60.5 Å². The summed E-state index contributed by atoms with van der Waals surface area (Å²) >= 11 is 1.66. The number of carbonyl (C=O) groups is 1. The van der Waals surface area contributed by atoms with E-state index in [0.29, 0.717) is 32.6 Å². The predicted molar refractivity (Wildman–Crippen MR) is 111 cm³/mol. The first kappa shape index (κ1) is 18.7. The van der Waals surface area contributed by atoms with E-state index in [2.05, 4.69) is 30.2 Å². The number of aromatic nitrogens is 1. The number of ether oxygens (including phenoxy) is 2. The van der Waals surface area contributed by atoms with Crippen LogP contribution in [0.3, 0.4) is 0 Å². The molecule has 28 heavy (non-hydrogen) atoms. The van der Waals surface area contributed by atoms with Crippen molar-refractivity contribution in [3.05, 3.63) is 53.0 Å². The van der Waals surface area contributed by atoms with Gasteiger partial charge in [0.1, 0.15) is 13.2 Å². The van der Waals surface area contributed by atoms with E-state index in [1.807, 2.05) is 36.4 Å². The molecule has 3 aromatic rings. The highest BCUT2D eigenvalue weighted by Gasteiger charge is 2.24. The van der Waals surface area contributed by atoms with E-state index in [-0.39, 0.29) is 11.3 Å². The van der Waals surface area contributed by atoms with Crippen LogP contribution >= 0.6 is 11.3 Å². The Balaban J connectivity index is 1.33. The molecule has 1 aromatic heterocycles. The fraction of sp³-hybridized carbons (Fsp3) is 0.364. The number of nitrogens with zero attached hydrogens (tertiary/aromatic N) is 1. The third-order valence-corrected chi connectivity index (χ3v) is 6.05. The van der Waals surface area contributed by atoms with E-state index in [1.165, 1.54) is 0 Å². The normalized spacial score (nSPS) is 13.5. The summed E-state index contributed by atoms with van der Waals surface area (Å²) in [6, 6.07) is 14.1. The standard InChI is InChI=1S/C22H24N2O3S/c1-22(2,15-7-8-17-18(13-15)27-12-11-26-17)14-23-20(25)9-10-21-24-16-5-3-4-6-19(16)28-21/h3-8,13H,9-12,14H2,1-2H3,(H,23,25). The first-order valence-electron chi connectivity index (χ1n) is 9.52. The molecule has 6 heteroatoms. The summed E-state index contributed by atoms with van der Waals surface area (Å²) < 4.78 is 12.4. The summed E-state index contributed by atoms with van der Waals surface area (Å²) in [4.78, 5) is 17.0. The highest BCUT2D eigenvalue weighted by Crippen LogP contribution is 2.35. The van der Waals surface area contributed by atoms with Gasteiger partial charge in [-0.3, -0.25) is 4.79 Å². The third kappa shape index (κ3) is 4.12. The van der Waals surface area contributed by atoms with Crippen molar-refractivity contribution >= 4 is 27.5 Å². The average molecular weight is 397 g/mol. The van der Waals surface area contributed by atoms with Crippen LogP contribution in [0.25, 0.3) is 10.2 Å². The molecule has 0 radical (unpaired) electrons. The van der Waals surface area contributed by atoms with Gasteiger partial charge in [0.15, 0.2) is 11.5 Å². The molecule has 0 atom stereocenters. The maximum atomic E-state index is 12.4. The van der Waals surface area contributed by atoms with Gasteiger partial charge in [-0.15, -0.1) is 11.3 Å². The molecule has 2 aromatic carbocycles. The molecule has 0 saturated heterocycles. The molecule has 0 saturated carbocycles. The minimum atomic E-state index is -0.207. The second-order valence-corrected chi connectivity index (χ2v) is 8.71. The first-order chi connectivity index (χ1) is 13.5. The fourth-order valence-corrected chi connectivity index (χ4v) is 4.19. The van der Waals surface area contributed by atoms with Crippen molar-refractivity contribution in [1.29, 1.82) is 0 Å². The van der Waals surface area contributed by atoms with Gasteiger partial charge in [0.25, 0.3) is 0 Å². The lowest BCUT2D eigenvalue weighted by Gasteiger charge is -2.27. The Morgan fingerprint density at radius 1 is 1.14 bits per heavy atom. The van der Waals surface area contributed by atoms with Gasteiger partial charge in [-0.1, -0.05) is 32.0 Å². The van der Waals surface area contributed by atoms with Crippen LogP contribution < -0.4 is 14.8 Å². The van der Waals surface area contributed by atoms with Crippen LogP contribution in [0.4, 0.5) is 0 Å². The smallest absolute Gasteiger partial charge is 0.220 e. The molecule has 5 nitrogen and oxygen atoms in total. The molecule has 1 aliphatic rings. The van der Waals surface area contributed by atoms with Crippen LogP contribution in [0.1, 0.15) is 30.8 Å². The number of nitrogens with one attached hydrogen (secondary N) is 1. The van der Waals surface area contributed by atoms with Crippen LogP contribution in [0.15, 0.2) is 42.5 Å². The molecule has 0 fully saturated rings. The van der Waals surface area contributed by atoms with Gasteiger partial charge < -0.3 is 14.8 Å². The molecule has 0 unspecified atom stereocenters. The summed E-state index contributed by atoms with van der Waals surface area (Å²) in [5.41, 5.74) is 1.91. The zero-order valence-corrected chi connectivity index (χ0v) is 17.0. The van der Waals surface area contributed by atoms with Gasteiger partial charge in [0, 0.05) is 24.8 Å². The van der Waals surface area contributed by atoms with E-state index in [1.54, 1.807) is 11.3 Å². The number of carbonyl (C=O) groups excluding carboxylic acids is 1. The highest BCUT2D eigenvalue weighted by molar-refractivity contribution is 7.18. The van der Waals surface area contributed by atoms with E-state index in [9.17, 15) is 4.79 Å². The molecule has 1 amide bonds. The van der Waals surface area contributed by atoms with Crippen molar-refractivity contribution in [2.45, 2.75) is 32.1 Å². The lowest BCUT2D eigenvalue weighted by atomic mass is 9.84. The molecule has 1 N–H and O–H groups in total. The van der Waals surface area contributed by atoms with Crippen LogP contribution in [0.5, 0.6) is 11.5 Å². The second-order valence-electron chi connectivity index (χ2n) is 7.59. The van der Waals surface area contributed by atoms with Gasteiger partial charge >= 0.3 is 0 Å². The van der Waals surface area contributed by atoms with Crippen LogP contribution in [0.2, 0.25) is 0 Å². The molecule has 0 spiro atoms. The van der Waals surface area contributed by atoms with E-state index in [4.69, 9.17) is 9.47 Å². The zero-order chi connectivity index (χ0) is 19.6. The maximum absolute atomic E-state index is 12.4. The molecule has 146 valence electrons. The summed E-state index contributed by atoms with van der Waals surface area (Å²) in [5, 5.41) is 4.07. The van der Waals surface area contributed by atoms with E-state index < -0.39 is 0 Å². The van der Waals surface area contributed by atoms with Crippen molar-refractivity contribution < 1.29 is 14.3 Å². The first-order valence-corrected chi connectivity index (χ1v) is 10.3. The van der Waals surface area contributed by atoms with Crippen LogP contribution in [-0.2, 0) is 16.6 Å². The van der Waals surface area contributed by atoms with Gasteiger partial charge in [0.2, 0.25) is 5.91 Å². The molecule has 1 aliphatic heterocycles. The van der Waals surface area contributed by atoms with Crippen LogP contribution in [-0.4, -0.2) is 30.6 Å². The summed E-state index contributed by atoms with van der Waals surface area (Å²) in [7, 11) is 0. The fourth-order valence-electron chi connectivity index (χ4n) is 3.22. The lowest BCUT2D eigenvalue weighted by Crippen LogP contribution is -2.36. The molecule has 4 rings (SSSR count). The summed E-state index contributed by atoms with van der Waals surface area (Å²) in [6.07, 6.45) is 1.10. The molecular weight excluding hydrogens is 372 g/mol. The Labute approximate surface area is 168 Å². The minimum absolute atomic E-state index is 0.0462. The number of amides is 1. The predicted octanol–water partition coefficient (Wildman–Crippen LogP) is 4.09. The Morgan fingerprint density at radius 3 is 2.75 bits per heavy atom. The minimum Gasteiger partial charge on any atom is -0.486 e. The monoisotopic (exact) mass is 396 g/mol. The number of para-hydroxylation sites is 1. The number of rotatable bonds is 6. The SMILES string of the molecule is CC(C)(CNC(=O)CCc1nc2ccccc2s1)c1ccc2c(c1)OCCO2. The summed E-state index contributed by atoms with van der Waals surface area (Å²) in [6.45, 7) is 5.95. The number of hydrogen-bond donors (Lipinski definition) is 1. The highest BCUT2D eigenvalue weighted by atomic mass is 32.1. The number of fused-ring (bicyclic) bond motifs is 2. The zero-order valence-electron chi connectivity index (χ0n) is 16.2.